The molecule has 0 saturated heterocycles. The molecule has 8 bridgehead atoms. The molecule has 9 heteroatoms. The molecule has 3 aliphatic heterocycles. The van der Waals surface area contributed by atoms with Gasteiger partial charge in [-0.3, -0.25) is 4.79 Å². The van der Waals surface area contributed by atoms with Crippen LogP contribution in [0.3, 0.4) is 0 Å². The van der Waals surface area contributed by atoms with Crippen molar-refractivity contribution in [1.82, 2.24) is 19.9 Å². The Morgan fingerprint density at radius 1 is 0.875 bits per heavy atom. The first-order valence-electron chi connectivity index (χ1n) is 16.6. The molecule has 250 valence electrons. The molecule has 0 fully saturated rings. The highest BCUT2D eigenvalue weighted by molar-refractivity contribution is 5.98. The molecule has 1 aliphatic carbocycles. The Labute approximate surface area is 280 Å². The number of hydrogen-bond donors (Lipinski definition) is 6. The van der Waals surface area contributed by atoms with Gasteiger partial charge in [-0.25, -0.2) is 9.97 Å². The molecule has 6 rings (SSSR count). The number of Topliss-reactive ketones (excluding diaryl/α,β-unsaturated/α-hetero) is 1. The van der Waals surface area contributed by atoms with Crippen molar-refractivity contribution in [2.45, 2.75) is 58.8 Å². The second-order valence-corrected chi connectivity index (χ2v) is 13.1. The molecule has 1 unspecified atom stereocenters. The van der Waals surface area contributed by atoms with E-state index in [0.29, 0.717) is 31.3 Å². The quantitative estimate of drug-likeness (QED) is 0.198. The molecule has 0 spiro atoms. The number of fused-ring (bicyclic) bond motifs is 11. The van der Waals surface area contributed by atoms with E-state index in [1.807, 2.05) is 51.1 Å². The lowest BCUT2D eigenvalue weighted by Crippen LogP contribution is -2.41. The number of aliphatic hydroxyl groups excluding tert-OH is 4. The number of ketones is 1. The summed E-state index contributed by atoms with van der Waals surface area (Å²) in [7, 11) is 0. The van der Waals surface area contributed by atoms with Crippen molar-refractivity contribution in [3.63, 3.8) is 0 Å². The molecule has 9 nitrogen and oxygen atoms in total. The summed E-state index contributed by atoms with van der Waals surface area (Å²) in [6.07, 6.45) is 8.03. The van der Waals surface area contributed by atoms with Gasteiger partial charge in [-0.2, -0.15) is 0 Å². The number of allylic oxidation sites excluding steroid dienone is 8. The predicted molar refractivity (Wildman–Crippen MR) is 190 cm³/mol. The number of aromatic nitrogens is 4. The van der Waals surface area contributed by atoms with Crippen molar-refractivity contribution in [3.8, 4) is 0 Å². The lowest BCUT2D eigenvalue weighted by molar-refractivity contribution is -0.126. The number of rotatable bonds is 10. The lowest BCUT2D eigenvalue weighted by atomic mass is 9.63. The van der Waals surface area contributed by atoms with Gasteiger partial charge in [-0.05, 0) is 117 Å². The van der Waals surface area contributed by atoms with Crippen LogP contribution in [0.2, 0.25) is 0 Å². The summed E-state index contributed by atoms with van der Waals surface area (Å²) < 4.78 is 0. The molecule has 0 aromatic carbocycles. The van der Waals surface area contributed by atoms with Crippen LogP contribution in [0.5, 0.6) is 0 Å². The molecular weight excluding hydrogens is 604 g/mol. The summed E-state index contributed by atoms with van der Waals surface area (Å²) in [5, 5.41) is 39.9. The molecule has 2 aromatic heterocycles. The van der Waals surface area contributed by atoms with E-state index < -0.39 is 17.9 Å². The van der Waals surface area contributed by atoms with E-state index in [1.54, 1.807) is 6.08 Å². The summed E-state index contributed by atoms with van der Waals surface area (Å²) in [5.41, 5.74) is 12.8. The monoisotopic (exact) mass is 648 g/mol. The van der Waals surface area contributed by atoms with Crippen LogP contribution in [0.15, 0.2) is 54.6 Å². The van der Waals surface area contributed by atoms with E-state index in [-0.39, 0.29) is 25.6 Å². The van der Waals surface area contributed by atoms with Gasteiger partial charge in [0.15, 0.2) is 5.78 Å². The maximum atomic E-state index is 13.5. The van der Waals surface area contributed by atoms with Crippen LogP contribution in [0, 0.1) is 12.8 Å². The Bertz CT molecular complexity index is 2020. The lowest BCUT2D eigenvalue weighted by Gasteiger charge is -2.38. The van der Waals surface area contributed by atoms with Gasteiger partial charge in [0.05, 0.1) is 35.3 Å². The highest BCUT2D eigenvalue weighted by Crippen LogP contribution is 2.52. The third-order valence-corrected chi connectivity index (χ3v) is 10.4. The topological polar surface area (TPSA) is 155 Å². The first-order chi connectivity index (χ1) is 23.1. The van der Waals surface area contributed by atoms with Gasteiger partial charge in [0.2, 0.25) is 0 Å². The first-order valence-corrected chi connectivity index (χ1v) is 16.6. The number of carbonyl (C=O) groups is 1. The largest absolute Gasteiger partial charge is 0.396 e. The molecule has 0 radical (unpaired) electrons. The molecule has 2 aromatic rings. The number of carbonyl (C=O) groups excluding carboxylic acids is 1. The highest BCUT2D eigenvalue weighted by atomic mass is 16.3. The second kappa shape index (κ2) is 13.2. The molecular formula is C39H44N4O5. The van der Waals surface area contributed by atoms with Gasteiger partial charge in [-0.1, -0.05) is 24.8 Å². The molecule has 0 amide bonds. The Morgan fingerprint density at radius 3 is 2.25 bits per heavy atom. The zero-order valence-corrected chi connectivity index (χ0v) is 28.1. The van der Waals surface area contributed by atoms with Gasteiger partial charge < -0.3 is 30.4 Å². The minimum Gasteiger partial charge on any atom is -0.396 e. The fraction of sp³-hybridized carbons (Fsp3) is 0.359. The zero-order valence-electron chi connectivity index (χ0n) is 28.1. The number of hydrogen-bond acceptors (Lipinski definition) is 7. The Kier molecular flexibility index (Phi) is 9.24. The fourth-order valence-electron chi connectivity index (χ4n) is 7.70. The number of nitrogens with zero attached hydrogens (tertiary/aromatic N) is 2. The van der Waals surface area contributed by atoms with E-state index in [4.69, 9.17) is 9.97 Å². The Hall–Kier alpha value is -4.41. The van der Waals surface area contributed by atoms with Crippen LogP contribution in [-0.2, 0) is 16.6 Å². The van der Waals surface area contributed by atoms with Gasteiger partial charge in [0.1, 0.15) is 6.61 Å². The van der Waals surface area contributed by atoms with Crippen LogP contribution in [0.4, 0.5) is 0 Å². The van der Waals surface area contributed by atoms with E-state index in [2.05, 4.69) is 29.5 Å². The second-order valence-electron chi connectivity index (χ2n) is 13.1. The van der Waals surface area contributed by atoms with Crippen molar-refractivity contribution in [2.75, 3.05) is 26.4 Å². The van der Waals surface area contributed by atoms with Gasteiger partial charge in [-0.15, -0.1) is 0 Å². The van der Waals surface area contributed by atoms with Gasteiger partial charge in [0, 0.05) is 46.6 Å². The van der Waals surface area contributed by atoms with Crippen molar-refractivity contribution >= 4 is 44.7 Å². The van der Waals surface area contributed by atoms with E-state index in [1.165, 1.54) is 0 Å². The summed E-state index contributed by atoms with van der Waals surface area (Å²) in [6, 6.07) is 8.06. The Balaban J connectivity index is 1.77. The normalized spacial score (nSPS) is 19.6. The summed E-state index contributed by atoms with van der Waals surface area (Å²) in [5.74, 6) is -1.18. The summed E-state index contributed by atoms with van der Waals surface area (Å²) >= 11 is 0. The molecule has 5 heterocycles. The number of aliphatic hydroxyl groups is 4. The van der Waals surface area contributed by atoms with E-state index >= 15 is 0 Å². The summed E-state index contributed by atoms with van der Waals surface area (Å²) in [4.78, 5) is 30.9. The molecule has 0 saturated carbocycles. The molecule has 2 atom stereocenters. The number of nitrogens with one attached hydrogen (secondary N) is 2. The minimum atomic E-state index is -0.938. The first kappa shape index (κ1) is 33.5. The number of aryl methyl sites for hydroxylation is 2. The zero-order chi connectivity index (χ0) is 34.3. The standard InChI is InChI=1S/C39H44N4O5/c1-6-25-21(2)30-16-35-28-12-11-24(19-46)38(36(48)20-47)39(28,5)37(43-35)18-31-23(4)27(10-8-14-45)34(42-31)17-33-26(9-7-13-44)22(3)29(41-33)15-32(25)40-30/h6,11-12,15-18,38,41,43-47H,1,7-10,13-14,19-20H2,2-5H3/t38?,39-/m0/s1. The average Bonchev–Trinajstić information content (AvgIpc) is 3.73. The van der Waals surface area contributed by atoms with Gasteiger partial charge >= 0.3 is 0 Å². The third-order valence-electron chi connectivity index (χ3n) is 10.4. The molecule has 6 N–H and O–H groups in total. The van der Waals surface area contributed by atoms with Crippen LogP contribution in [0.1, 0.15) is 85.3 Å². The smallest absolute Gasteiger partial charge is 0.166 e. The van der Waals surface area contributed by atoms with Crippen LogP contribution in [-0.4, -0.2) is 72.6 Å². The molecule has 48 heavy (non-hydrogen) atoms. The average molecular weight is 649 g/mol. The van der Waals surface area contributed by atoms with E-state index in [0.717, 1.165) is 84.2 Å². The maximum Gasteiger partial charge on any atom is 0.166 e. The van der Waals surface area contributed by atoms with Gasteiger partial charge in [0.25, 0.3) is 0 Å². The minimum absolute atomic E-state index is 0.0472. The molecule has 4 aliphatic rings. The fourth-order valence-corrected chi connectivity index (χ4v) is 7.70. The number of aromatic amines is 2. The van der Waals surface area contributed by atoms with Crippen LogP contribution >= 0.6 is 0 Å². The predicted octanol–water partition coefficient (Wildman–Crippen LogP) is 5.54. The number of H-pyrrole nitrogens is 2. The van der Waals surface area contributed by atoms with Crippen molar-refractivity contribution in [3.05, 3.63) is 99.9 Å². The third kappa shape index (κ3) is 5.41. The SMILES string of the molecule is C=CC1=C(C)c2cc3[nH]c(cc4nc(cc5[nH]c(cc1n2)c(C)c5CCCO)C(CCCO)=C4C)[C@]1(C)C3=CC=C(CO)C1C(=O)CO. The van der Waals surface area contributed by atoms with Crippen molar-refractivity contribution in [2.24, 2.45) is 5.92 Å². The van der Waals surface area contributed by atoms with Crippen molar-refractivity contribution < 1.29 is 25.2 Å². The van der Waals surface area contributed by atoms with Crippen molar-refractivity contribution in [1.29, 1.82) is 0 Å². The maximum absolute atomic E-state index is 13.5. The highest BCUT2D eigenvalue weighted by Gasteiger charge is 2.50. The Morgan fingerprint density at radius 2 is 1.56 bits per heavy atom. The van der Waals surface area contributed by atoms with Crippen LogP contribution in [0.25, 0.3) is 38.9 Å². The van der Waals surface area contributed by atoms with E-state index in [9.17, 15) is 25.2 Å². The summed E-state index contributed by atoms with van der Waals surface area (Å²) in [6.45, 7) is 11.3. The van der Waals surface area contributed by atoms with Crippen LogP contribution < -0.4 is 0 Å².